The van der Waals surface area contributed by atoms with Gasteiger partial charge in [-0.15, -0.1) is 11.3 Å². The lowest BCUT2D eigenvalue weighted by molar-refractivity contribution is 1.25. The molecule has 0 amide bonds. The van der Waals surface area contributed by atoms with E-state index in [-0.39, 0.29) is 0 Å². The number of rotatable bonds is 1. The van der Waals surface area contributed by atoms with Gasteiger partial charge in [-0.1, -0.05) is 29.8 Å². The summed E-state index contributed by atoms with van der Waals surface area (Å²) >= 11 is 7.69. The van der Waals surface area contributed by atoms with Crippen LogP contribution >= 0.6 is 22.9 Å². The van der Waals surface area contributed by atoms with Crippen molar-refractivity contribution in [2.45, 2.75) is 0 Å². The van der Waals surface area contributed by atoms with Crippen molar-refractivity contribution < 1.29 is 0 Å². The molecule has 0 aliphatic heterocycles. The lowest BCUT2D eigenvalue weighted by Crippen LogP contribution is -1.96. The number of thiophene rings is 1. The van der Waals surface area contributed by atoms with Crippen LogP contribution in [-0.2, 0) is 0 Å². The molecule has 0 bridgehead atoms. The fourth-order valence-corrected chi connectivity index (χ4v) is 3.49. The van der Waals surface area contributed by atoms with Crippen LogP contribution in [0.15, 0.2) is 48.5 Å². The predicted molar refractivity (Wildman–Crippen MR) is 89.8 cm³/mol. The van der Waals surface area contributed by atoms with Crippen LogP contribution in [0.3, 0.4) is 0 Å². The number of aromatic nitrogens is 2. The summed E-state index contributed by atoms with van der Waals surface area (Å²) < 4.78 is 1.21. The molecule has 0 saturated heterocycles. The highest BCUT2D eigenvalue weighted by molar-refractivity contribution is 7.22. The van der Waals surface area contributed by atoms with E-state index >= 15 is 0 Å². The quantitative estimate of drug-likeness (QED) is 0.552. The first-order chi connectivity index (χ1) is 10.2. The third-order valence-electron chi connectivity index (χ3n) is 3.33. The van der Waals surface area contributed by atoms with Crippen molar-refractivity contribution in [3.05, 3.63) is 53.6 Å². The molecule has 5 heteroatoms. The summed E-state index contributed by atoms with van der Waals surface area (Å²) in [5, 5.41) is 2.65. The fourth-order valence-electron chi connectivity index (χ4n) is 2.33. The highest BCUT2D eigenvalue weighted by Gasteiger charge is 2.10. The first kappa shape index (κ1) is 12.6. The molecule has 102 valence electrons. The summed E-state index contributed by atoms with van der Waals surface area (Å²) in [6.45, 7) is 0. The number of nitrogens with zero attached hydrogens (tertiary/aromatic N) is 2. The summed E-state index contributed by atoms with van der Waals surface area (Å²) in [7, 11) is 0. The zero-order valence-electron chi connectivity index (χ0n) is 10.9. The van der Waals surface area contributed by atoms with Gasteiger partial charge >= 0.3 is 0 Å². The molecule has 0 unspecified atom stereocenters. The number of benzene rings is 2. The number of nitrogen functional groups attached to an aromatic ring is 1. The summed E-state index contributed by atoms with van der Waals surface area (Å²) in [6, 6.07) is 15.8. The van der Waals surface area contributed by atoms with Crippen molar-refractivity contribution in [3.63, 3.8) is 0 Å². The zero-order valence-corrected chi connectivity index (χ0v) is 12.4. The van der Waals surface area contributed by atoms with E-state index in [0.29, 0.717) is 16.7 Å². The molecular formula is C16H10ClN3S. The van der Waals surface area contributed by atoms with Gasteiger partial charge in [-0.05, 0) is 35.7 Å². The molecule has 0 aliphatic carbocycles. The molecule has 4 rings (SSSR count). The van der Waals surface area contributed by atoms with Gasteiger partial charge in [0.15, 0.2) is 5.82 Å². The first-order valence-corrected chi connectivity index (χ1v) is 7.62. The second-order valence-corrected chi connectivity index (χ2v) is 6.26. The highest BCUT2D eigenvalue weighted by Crippen LogP contribution is 2.33. The second kappa shape index (κ2) is 4.69. The molecule has 2 aromatic carbocycles. The van der Waals surface area contributed by atoms with Crippen LogP contribution in [0.5, 0.6) is 0 Å². The van der Waals surface area contributed by atoms with Gasteiger partial charge in [0.05, 0.1) is 10.4 Å². The van der Waals surface area contributed by atoms with E-state index in [1.807, 2.05) is 24.3 Å². The third kappa shape index (κ3) is 2.13. The molecule has 0 fully saturated rings. The van der Waals surface area contributed by atoms with Gasteiger partial charge in [-0.3, -0.25) is 0 Å². The minimum absolute atomic E-state index is 0.476. The van der Waals surface area contributed by atoms with Gasteiger partial charge in [0.2, 0.25) is 0 Å². The maximum absolute atomic E-state index is 6.05. The SMILES string of the molecule is Nc1nc(-c2cc3ccccc3s2)nc2cc(Cl)ccc12. The van der Waals surface area contributed by atoms with E-state index in [2.05, 4.69) is 28.2 Å². The Kier molecular flexibility index (Phi) is 2.80. The van der Waals surface area contributed by atoms with Crippen molar-refractivity contribution in [2.24, 2.45) is 0 Å². The van der Waals surface area contributed by atoms with Gasteiger partial charge in [-0.2, -0.15) is 0 Å². The van der Waals surface area contributed by atoms with E-state index in [0.717, 1.165) is 15.8 Å². The Hall–Kier alpha value is -2.17. The van der Waals surface area contributed by atoms with Gasteiger partial charge in [0, 0.05) is 15.1 Å². The van der Waals surface area contributed by atoms with E-state index < -0.39 is 0 Å². The third-order valence-corrected chi connectivity index (χ3v) is 4.68. The smallest absolute Gasteiger partial charge is 0.172 e. The van der Waals surface area contributed by atoms with Crippen molar-refractivity contribution in [1.29, 1.82) is 0 Å². The van der Waals surface area contributed by atoms with Gasteiger partial charge in [0.1, 0.15) is 5.82 Å². The molecule has 0 saturated carbocycles. The minimum atomic E-state index is 0.476. The van der Waals surface area contributed by atoms with Gasteiger partial charge < -0.3 is 5.73 Å². The Morgan fingerprint density at radius 3 is 2.71 bits per heavy atom. The van der Waals surface area contributed by atoms with Gasteiger partial charge in [0.25, 0.3) is 0 Å². The molecule has 2 heterocycles. The molecule has 0 spiro atoms. The van der Waals surface area contributed by atoms with Crippen molar-refractivity contribution in [3.8, 4) is 10.7 Å². The van der Waals surface area contributed by atoms with Crippen molar-refractivity contribution in [1.82, 2.24) is 9.97 Å². The normalized spacial score (nSPS) is 11.3. The molecule has 0 aliphatic rings. The molecule has 21 heavy (non-hydrogen) atoms. The maximum Gasteiger partial charge on any atom is 0.172 e. The molecular weight excluding hydrogens is 302 g/mol. The Morgan fingerprint density at radius 2 is 1.86 bits per heavy atom. The van der Waals surface area contributed by atoms with E-state index in [9.17, 15) is 0 Å². The highest BCUT2D eigenvalue weighted by atomic mass is 35.5. The Balaban J connectivity index is 1.97. The van der Waals surface area contributed by atoms with Crippen LogP contribution in [0.1, 0.15) is 0 Å². The average molecular weight is 312 g/mol. The largest absolute Gasteiger partial charge is 0.383 e. The number of anilines is 1. The summed E-state index contributed by atoms with van der Waals surface area (Å²) in [5.74, 6) is 1.12. The molecule has 0 radical (unpaired) electrons. The molecule has 3 nitrogen and oxygen atoms in total. The first-order valence-electron chi connectivity index (χ1n) is 6.42. The molecule has 2 N–H and O–H groups in total. The van der Waals surface area contributed by atoms with Crippen LogP contribution in [0.25, 0.3) is 31.7 Å². The van der Waals surface area contributed by atoms with Crippen molar-refractivity contribution >= 4 is 49.7 Å². The van der Waals surface area contributed by atoms with Gasteiger partial charge in [-0.25, -0.2) is 9.97 Å². The Bertz CT molecular complexity index is 945. The lowest BCUT2D eigenvalue weighted by atomic mass is 10.2. The number of fused-ring (bicyclic) bond motifs is 2. The summed E-state index contributed by atoms with van der Waals surface area (Å²) in [4.78, 5) is 10.0. The number of hydrogen-bond acceptors (Lipinski definition) is 4. The topological polar surface area (TPSA) is 51.8 Å². The van der Waals surface area contributed by atoms with Crippen LogP contribution in [-0.4, -0.2) is 9.97 Å². The van der Waals surface area contributed by atoms with Crippen LogP contribution in [0.4, 0.5) is 5.82 Å². The average Bonchev–Trinajstić information content (AvgIpc) is 2.90. The number of hydrogen-bond donors (Lipinski definition) is 1. The Morgan fingerprint density at radius 1 is 1.00 bits per heavy atom. The standard InChI is InChI=1S/C16H10ClN3S/c17-10-5-6-11-12(8-10)19-16(20-15(11)18)14-7-9-3-1-2-4-13(9)21-14/h1-8H,(H2,18,19,20). The monoisotopic (exact) mass is 311 g/mol. The number of halogens is 1. The van der Waals surface area contributed by atoms with Crippen LogP contribution < -0.4 is 5.73 Å². The summed E-state index contributed by atoms with van der Waals surface area (Å²) in [5.41, 5.74) is 6.82. The van der Waals surface area contributed by atoms with Crippen LogP contribution in [0.2, 0.25) is 5.02 Å². The number of nitrogens with two attached hydrogens (primary N) is 1. The van der Waals surface area contributed by atoms with E-state index in [1.165, 1.54) is 10.1 Å². The Labute approximate surface area is 130 Å². The maximum atomic E-state index is 6.05. The predicted octanol–water partition coefficient (Wildman–Crippen LogP) is 4.75. The molecule has 0 atom stereocenters. The van der Waals surface area contributed by atoms with E-state index in [4.69, 9.17) is 17.3 Å². The summed E-state index contributed by atoms with van der Waals surface area (Å²) in [6.07, 6.45) is 0. The van der Waals surface area contributed by atoms with E-state index in [1.54, 1.807) is 17.4 Å². The zero-order chi connectivity index (χ0) is 14.4. The fraction of sp³-hybridized carbons (Fsp3) is 0. The molecule has 4 aromatic rings. The minimum Gasteiger partial charge on any atom is -0.383 e. The lowest BCUT2D eigenvalue weighted by Gasteiger charge is -2.04. The molecule has 2 aromatic heterocycles. The second-order valence-electron chi connectivity index (χ2n) is 4.74. The van der Waals surface area contributed by atoms with Crippen LogP contribution in [0, 0.1) is 0 Å². The van der Waals surface area contributed by atoms with Crippen molar-refractivity contribution in [2.75, 3.05) is 5.73 Å².